The Bertz CT molecular complexity index is 826. The Morgan fingerprint density at radius 2 is 1.83 bits per heavy atom. The van der Waals surface area contributed by atoms with Crippen LogP contribution >= 0.6 is 11.8 Å². The number of carbonyl (C=O) groups excluding carboxylic acids is 1. The number of hydrogen-bond acceptors (Lipinski definition) is 2. The smallest absolute Gasteiger partial charge is 0.319 e. The Labute approximate surface area is 179 Å². The molecular formula is C25H32N2OS. The number of carbonyl (C=O) groups is 1. The predicted molar refractivity (Wildman–Crippen MR) is 126 cm³/mol. The van der Waals surface area contributed by atoms with E-state index in [0.29, 0.717) is 12.5 Å². The molecule has 4 heteroatoms. The lowest BCUT2D eigenvalue weighted by molar-refractivity contribution is 0.249. The summed E-state index contributed by atoms with van der Waals surface area (Å²) < 4.78 is 0.0653. The first kappa shape index (κ1) is 21.5. The Kier molecular flexibility index (Phi) is 7.43. The quantitative estimate of drug-likeness (QED) is 0.514. The molecule has 0 aliphatic heterocycles. The van der Waals surface area contributed by atoms with Gasteiger partial charge in [0.05, 0.1) is 5.69 Å². The number of rotatable bonds is 7. The number of urea groups is 1. The van der Waals surface area contributed by atoms with Crippen molar-refractivity contribution in [3.05, 3.63) is 66.2 Å². The molecule has 154 valence electrons. The van der Waals surface area contributed by atoms with Gasteiger partial charge in [0.2, 0.25) is 0 Å². The Balaban J connectivity index is 1.70. The molecule has 1 fully saturated rings. The Hall–Kier alpha value is -2.20. The molecule has 0 saturated heterocycles. The highest BCUT2D eigenvalue weighted by atomic mass is 32.2. The second-order valence-electron chi connectivity index (χ2n) is 8.14. The summed E-state index contributed by atoms with van der Waals surface area (Å²) in [6.45, 7) is 8.85. The van der Waals surface area contributed by atoms with Gasteiger partial charge in [-0.3, -0.25) is 0 Å². The number of benzene rings is 2. The molecular weight excluding hydrogens is 376 g/mol. The lowest BCUT2D eigenvalue weighted by atomic mass is 9.88. The van der Waals surface area contributed by atoms with Crippen LogP contribution in [-0.4, -0.2) is 17.3 Å². The van der Waals surface area contributed by atoms with Crippen molar-refractivity contribution < 1.29 is 4.79 Å². The minimum Gasteiger partial charge on any atom is -0.336 e. The molecule has 2 N–H and O–H groups in total. The molecule has 29 heavy (non-hydrogen) atoms. The van der Waals surface area contributed by atoms with Gasteiger partial charge in [-0.2, -0.15) is 0 Å². The normalized spacial score (nSPS) is 15.7. The topological polar surface area (TPSA) is 41.1 Å². The van der Waals surface area contributed by atoms with Crippen LogP contribution in [0.2, 0.25) is 0 Å². The highest BCUT2D eigenvalue weighted by Gasteiger charge is 2.33. The number of anilines is 1. The standard InChI is InChI=1S/C25H32N2OS/c1-4-20-12-11-15-22(19(2)3)23(20)27-24(28)26-18-25(16-9-6-10-17-25)29-21-13-7-5-8-14-21/h4-5,7-8,11-15,19H,1,6,9-10,16-18H2,2-3H3,(H2,26,27,28). The molecule has 0 heterocycles. The molecule has 0 atom stereocenters. The first-order chi connectivity index (χ1) is 14.0. The fourth-order valence-electron chi connectivity index (χ4n) is 4.03. The van der Waals surface area contributed by atoms with Crippen LogP contribution in [-0.2, 0) is 0 Å². The number of hydrogen-bond donors (Lipinski definition) is 2. The molecule has 1 aliphatic carbocycles. The van der Waals surface area contributed by atoms with E-state index in [-0.39, 0.29) is 10.8 Å². The second-order valence-corrected chi connectivity index (χ2v) is 9.68. The molecule has 2 aromatic rings. The molecule has 0 spiro atoms. The van der Waals surface area contributed by atoms with Gasteiger partial charge in [-0.05, 0) is 42.0 Å². The summed E-state index contributed by atoms with van der Waals surface area (Å²) in [7, 11) is 0. The van der Waals surface area contributed by atoms with Crippen molar-refractivity contribution in [3.63, 3.8) is 0 Å². The van der Waals surface area contributed by atoms with Gasteiger partial charge in [0.15, 0.2) is 0 Å². The van der Waals surface area contributed by atoms with Crippen molar-refractivity contribution in [2.24, 2.45) is 0 Å². The van der Waals surface area contributed by atoms with Gasteiger partial charge in [0, 0.05) is 16.2 Å². The largest absolute Gasteiger partial charge is 0.336 e. The van der Waals surface area contributed by atoms with Crippen LogP contribution in [0.1, 0.15) is 63.0 Å². The van der Waals surface area contributed by atoms with Gasteiger partial charge in [-0.25, -0.2) is 4.79 Å². The maximum Gasteiger partial charge on any atom is 0.319 e. The minimum atomic E-state index is -0.139. The predicted octanol–water partition coefficient (Wildman–Crippen LogP) is 7.07. The molecule has 0 radical (unpaired) electrons. The van der Waals surface area contributed by atoms with Crippen LogP contribution in [0.5, 0.6) is 0 Å². The highest BCUT2D eigenvalue weighted by molar-refractivity contribution is 8.00. The fourth-order valence-corrected chi connectivity index (χ4v) is 5.46. The number of amides is 2. The van der Waals surface area contributed by atoms with Crippen LogP contribution in [0.15, 0.2) is 60.0 Å². The van der Waals surface area contributed by atoms with Crippen molar-refractivity contribution in [1.82, 2.24) is 5.32 Å². The average molecular weight is 409 g/mol. The molecule has 1 aliphatic rings. The summed E-state index contributed by atoms with van der Waals surface area (Å²) in [4.78, 5) is 14.1. The van der Waals surface area contributed by atoms with E-state index in [1.165, 1.54) is 24.2 Å². The first-order valence-electron chi connectivity index (χ1n) is 10.6. The number of para-hydroxylation sites is 1. The van der Waals surface area contributed by atoms with Crippen molar-refractivity contribution in [1.29, 1.82) is 0 Å². The zero-order chi connectivity index (χ0) is 20.7. The Morgan fingerprint density at radius 1 is 1.10 bits per heavy atom. The van der Waals surface area contributed by atoms with Crippen LogP contribution in [0, 0.1) is 0 Å². The van der Waals surface area contributed by atoms with Gasteiger partial charge in [-0.1, -0.05) is 82.2 Å². The summed E-state index contributed by atoms with van der Waals surface area (Å²) in [5.41, 5.74) is 2.95. The van der Waals surface area contributed by atoms with Crippen molar-refractivity contribution in [2.75, 3.05) is 11.9 Å². The van der Waals surface area contributed by atoms with E-state index in [2.05, 4.69) is 61.4 Å². The summed E-state index contributed by atoms with van der Waals surface area (Å²) in [6, 6.07) is 16.5. The van der Waals surface area contributed by atoms with E-state index in [0.717, 1.165) is 29.7 Å². The molecule has 0 aromatic heterocycles. The van der Waals surface area contributed by atoms with Crippen molar-refractivity contribution in [2.45, 2.75) is 61.5 Å². The summed E-state index contributed by atoms with van der Waals surface area (Å²) in [5.74, 6) is 0.323. The van der Waals surface area contributed by atoms with E-state index in [9.17, 15) is 4.79 Å². The summed E-state index contributed by atoms with van der Waals surface area (Å²) in [5, 5.41) is 6.28. The van der Waals surface area contributed by atoms with Crippen molar-refractivity contribution >= 4 is 29.6 Å². The molecule has 0 bridgehead atoms. The van der Waals surface area contributed by atoms with E-state index >= 15 is 0 Å². The average Bonchev–Trinajstić information content (AvgIpc) is 2.74. The van der Waals surface area contributed by atoms with Gasteiger partial charge in [-0.15, -0.1) is 11.8 Å². The van der Waals surface area contributed by atoms with E-state index in [4.69, 9.17) is 0 Å². The summed E-state index contributed by atoms with van der Waals surface area (Å²) >= 11 is 1.92. The first-order valence-corrected chi connectivity index (χ1v) is 11.4. The zero-order valence-electron chi connectivity index (χ0n) is 17.5. The molecule has 3 nitrogen and oxygen atoms in total. The van der Waals surface area contributed by atoms with E-state index < -0.39 is 0 Å². The third kappa shape index (κ3) is 5.66. The van der Waals surface area contributed by atoms with Gasteiger partial charge >= 0.3 is 6.03 Å². The molecule has 2 amide bonds. The fraction of sp³-hybridized carbons (Fsp3) is 0.400. The van der Waals surface area contributed by atoms with E-state index in [1.54, 1.807) is 6.08 Å². The van der Waals surface area contributed by atoms with Gasteiger partial charge in [0.25, 0.3) is 0 Å². The second kappa shape index (κ2) is 10.0. The third-order valence-electron chi connectivity index (χ3n) is 5.62. The highest BCUT2D eigenvalue weighted by Crippen LogP contribution is 2.43. The van der Waals surface area contributed by atoms with Gasteiger partial charge < -0.3 is 10.6 Å². The number of nitrogens with one attached hydrogen (secondary N) is 2. The molecule has 2 aromatic carbocycles. The summed E-state index contributed by atoms with van der Waals surface area (Å²) in [6.07, 6.45) is 7.80. The van der Waals surface area contributed by atoms with Gasteiger partial charge in [0.1, 0.15) is 0 Å². The Morgan fingerprint density at radius 3 is 2.48 bits per heavy atom. The molecule has 3 rings (SSSR count). The van der Waals surface area contributed by atoms with Crippen LogP contribution in [0.4, 0.5) is 10.5 Å². The van der Waals surface area contributed by atoms with Crippen molar-refractivity contribution in [3.8, 4) is 0 Å². The van der Waals surface area contributed by atoms with E-state index in [1.807, 2.05) is 30.0 Å². The lowest BCUT2D eigenvalue weighted by Gasteiger charge is -2.37. The maximum atomic E-state index is 12.8. The zero-order valence-corrected chi connectivity index (χ0v) is 18.4. The molecule has 1 saturated carbocycles. The van der Waals surface area contributed by atoms with Crippen LogP contribution < -0.4 is 10.6 Å². The minimum absolute atomic E-state index is 0.0653. The molecule has 0 unspecified atom stereocenters. The maximum absolute atomic E-state index is 12.8. The monoisotopic (exact) mass is 408 g/mol. The number of thioether (sulfide) groups is 1. The lowest BCUT2D eigenvalue weighted by Crippen LogP contribution is -2.43. The third-order valence-corrected chi connectivity index (χ3v) is 7.12. The van der Waals surface area contributed by atoms with Crippen LogP contribution in [0.3, 0.4) is 0 Å². The SMILES string of the molecule is C=Cc1cccc(C(C)C)c1NC(=O)NCC1(Sc2ccccc2)CCCCC1. The van der Waals surface area contributed by atoms with Crippen LogP contribution in [0.25, 0.3) is 6.08 Å².